The molecule has 31 heavy (non-hydrogen) atoms. The van der Waals surface area contributed by atoms with Crippen molar-refractivity contribution in [2.24, 2.45) is 0 Å². The summed E-state index contributed by atoms with van der Waals surface area (Å²) >= 11 is 1.44. The van der Waals surface area contributed by atoms with Crippen molar-refractivity contribution in [2.75, 3.05) is 18.4 Å². The molecule has 164 valence electrons. The molecule has 0 radical (unpaired) electrons. The first kappa shape index (κ1) is 21.0. The van der Waals surface area contributed by atoms with Crippen LogP contribution in [0.5, 0.6) is 0 Å². The van der Waals surface area contributed by atoms with Crippen LogP contribution < -0.4 is 21.5 Å². The van der Waals surface area contributed by atoms with Gasteiger partial charge in [-0.05, 0) is 31.4 Å². The molecule has 1 aromatic heterocycles. The molecule has 0 unspecified atom stereocenters. The normalized spacial score (nSPS) is 17.2. The number of hydrazine groups is 1. The van der Waals surface area contributed by atoms with Gasteiger partial charge in [0.1, 0.15) is 5.54 Å². The summed E-state index contributed by atoms with van der Waals surface area (Å²) in [5.41, 5.74) is 4.80. The molecular formula is C20H24N6O4S. The number of amides is 5. The summed E-state index contributed by atoms with van der Waals surface area (Å²) in [5.74, 6) is -0.995. The minimum Gasteiger partial charge on any atom is -0.352 e. The summed E-state index contributed by atoms with van der Waals surface area (Å²) in [6.45, 7) is 0.136. The van der Waals surface area contributed by atoms with Gasteiger partial charge in [0.25, 0.3) is 11.8 Å². The zero-order valence-electron chi connectivity index (χ0n) is 16.9. The monoisotopic (exact) mass is 444 g/mol. The van der Waals surface area contributed by atoms with Crippen molar-refractivity contribution < 1.29 is 19.2 Å². The lowest BCUT2D eigenvalue weighted by molar-refractivity contribution is -0.131. The number of nitrogens with zero attached hydrogens (tertiary/aromatic N) is 2. The smallest absolute Gasteiger partial charge is 0.325 e. The van der Waals surface area contributed by atoms with E-state index in [1.807, 2.05) is 24.3 Å². The van der Waals surface area contributed by atoms with Crippen molar-refractivity contribution in [3.63, 3.8) is 0 Å². The van der Waals surface area contributed by atoms with E-state index in [1.165, 1.54) is 16.2 Å². The van der Waals surface area contributed by atoms with Crippen LogP contribution in [0, 0.1) is 0 Å². The highest BCUT2D eigenvalue weighted by molar-refractivity contribution is 7.22. The molecule has 1 aliphatic heterocycles. The first-order valence-electron chi connectivity index (χ1n) is 10.3. The number of imide groups is 1. The molecular weight excluding hydrogens is 420 g/mol. The molecule has 4 N–H and O–H groups in total. The zero-order valence-corrected chi connectivity index (χ0v) is 17.7. The van der Waals surface area contributed by atoms with Gasteiger partial charge in [-0.3, -0.25) is 30.1 Å². The second kappa shape index (κ2) is 8.88. The maximum Gasteiger partial charge on any atom is 0.325 e. The number of thiazole rings is 1. The van der Waals surface area contributed by atoms with Crippen molar-refractivity contribution in [1.82, 2.24) is 26.1 Å². The van der Waals surface area contributed by atoms with Gasteiger partial charge >= 0.3 is 6.03 Å². The summed E-state index contributed by atoms with van der Waals surface area (Å²) in [5, 5.41) is 6.36. The van der Waals surface area contributed by atoms with E-state index >= 15 is 0 Å². The summed E-state index contributed by atoms with van der Waals surface area (Å²) in [6, 6.07) is 7.27. The van der Waals surface area contributed by atoms with E-state index in [4.69, 9.17) is 0 Å². The van der Waals surface area contributed by atoms with E-state index in [9.17, 15) is 19.2 Å². The number of para-hydroxylation sites is 1. The number of benzene rings is 1. The van der Waals surface area contributed by atoms with Crippen LogP contribution in [0.2, 0.25) is 0 Å². The van der Waals surface area contributed by atoms with Gasteiger partial charge in [0.05, 0.1) is 16.8 Å². The molecule has 10 nitrogen and oxygen atoms in total. The lowest BCUT2D eigenvalue weighted by Gasteiger charge is -2.19. The van der Waals surface area contributed by atoms with Gasteiger partial charge in [0, 0.05) is 13.0 Å². The quantitative estimate of drug-likeness (QED) is 0.378. The Morgan fingerprint density at radius 1 is 1.13 bits per heavy atom. The Balaban J connectivity index is 1.14. The molecule has 2 heterocycles. The van der Waals surface area contributed by atoms with E-state index in [-0.39, 0.29) is 31.4 Å². The van der Waals surface area contributed by atoms with Crippen LogP contribution in [0.25, 0.3) is 10.2 Å². The van der Waals surface area contributed by atoms with Crippen molar-refractivity contribution in [2.45, 2.75) is 44.1 Å². The molecule has 1 spiro atoms. The largest absolute Gasteiger partial charge is 0.352 e. The first-order valence-corrected chi connectivity index (χ1v) is 11.1. The fourth-order valence-electron chi connectivity index (χ4n) is 3.94. The van der Waals surface area contributed by atoms with Crippen LogP contribution in [-0.4, -0.2) is 52.3 Å². The van der Waals surface area contributed by atoms with E-state index in [1.54, 1.807) is 0 Å². The third-order valence-electron chi connectivity index (χ3n) is 5.52. The Bertz CT molecular complexity index is 983. The van der Waals surface area contributed by atoms with Gasteiger partial charge in [-0.25, -0.2) is 9.78 Å². The topological polar surface area (TPSA) is 133 Å². The van der Waals surface area contributed by atoms with Crippen LogP contribution in [0.15, 0.2) is 24.3 Å². The summed E-state index contributed by atoms with van der Waals surface area (Å²) in [4.78, 5) is 54.1. The molecule has 0 bridgehead atoms. The SMILES string of the molecule is O=C(CCCN1C(=O)NC2(CCCC2)C1=O)NNC(=O)CNc1nc2ccccc2s1. The lowest BCUT2D eigenvalue weighted by atomic mass is 9.98. The third-order valence-corrected chi connectivity index (χ3v) is 6.52. The molecule has 2 aromatic rings. The van der Waals surface area contributed by atoms with Crippen LogP contribution >= 0.6 is 11.3 Å². The number of rotatable bonds is 7. The van der Waals surface area contributed by atoms with E-state index in [0.717, 1.165) is 23.1 Å². The van der Waals surface area contributed by atoms with Gasteiger partial charge in [0.2, 0.25) is 5.91 Å². The molecule has 1 saturated carbocycles. The lowest BCUT2D eigenvalue weighted by Crippen LogP contribution is -2.44. The standard InChI is InChI=1S/C20H24N6O4S/c27-15(8-5-11-26-17(29)20(23-19(26)30)9-3-4-10-20)24-25-16(28)12-21-18-22-13-6-1-2-7-14(13)31-18/h1-2,6-7H,3-5,8-12H2,(H,21,22)(H,23,30)(H,24,27)(H,25,28). The van der Waals surface area contributed by atoms with Crippen molar-refractivity contribution in [3.8, 4) is 0 Å². The van der Waals surface area contributed by atoms with Gasteiger partial charge in [-0.1, -0.05) is 36.3 Å². The van der Waals surface area contributed by atoms with E-state index < -0.39 is 17.4 Å². The second-order valence-corrected chi connectivity index (χ2v) is 8.75. The van der Waals surface area contributed by atoms with Crippen molar-refractivity contribution >= 4 is 50.4 Å². The van der Waals surface area contributed by atoms with Gasteiger partial charge in [0.15, 0.2) is 5.13 Å². The van der Waals surface area contributed by atoms with E-state index in [2.05, 4.69) is 26.5 Å². The Morgan fingerprint density at radius 3 is 2.65 bits per heavy atom. The van der Waals surface area contributed by atoms with Gasteiger partial charge in [-0.15, -0.1) is 0 Å². The van der Waals surface area contributed by atoms with Crippen LogP contribution in [-0.2, 0) is 14.4 Å². The average molecular weight is 445 g/mol. The highest BCUT2D eigenvalue weighted by Crippen LogP contribution is 2.35. The Morgan fingerprint density at radius 2 is 1.87 bits per heavy atom. The minimum absolute atomic E-state index is 0.0371. The third kappa shape index (κ3) is 4.61. The van der Waals surface area contributed by atoms with Gasteiger partial charge in [-0.2, -0.15) is 0 Å². The van der Waals surface area contributed by atoms with Gasteiger partial charge < -0.3 is 10.6 Å². The zero-order chi connectivity index (χ0) is 21.8. The Hall–Kier alpha value is -3.21. The molecule has 0 atom stereocenters. The number of anilines is 1. The number of carbonyl (C=O) groups is 4. The van der Waals surface area contributed by atoms with Crippen molar-refractivity contribution in [1.29, 1.82) is 0 Å². The van der Waals surface area contributed by atoms with Crippen LogP contribution in [0.4, 0.5) is 9.93 Å². The number of hydrogen-bond donors (Lipinski definition) is 4. The Kier molecular flexibility index (Phi) is 6.03. The number of fused-ring (bicyclic) bond motifs is 1. The highest BCUT2D eigenvalue weighted by Gasteiger charge is 2.52. The molecule has 1 aliphatic carbocycles. The molecule has 1 aromatic carbocycles. The maximum absolute atomic E-state index is 12.6. The average Bonchev–Trinajstić information content (AvgIpc) is 3.45. The first-order chi connectivity index (χ1) is 15.0. The molecule has 2 aliphatic rings. The molecule has 5 amide bonds. The maximum atomic E-state index is 12.6. The predicted octanol–water partition coefficient (Wildman–Crippen LogP) is 1.50. The Labute approximate surface area is 182 Å². The number of hydrogen-bond acceptors (Lipinski definition) is 7. The summed E-state index contributed by atoms with van der Waals surface area (Å²) in [7, 11) is 0. The fourth-order valence-corrected chi connectivity index (χ4v) is 4.81. The number of urea groups is 1. The van der Waals surface area contributed by atoms with E-state index in [0.29, 0.717) is 24.4 Å². The molecule has 4 rings (SSSR count). The molecule has 2 fully saturated rings. The predicted molar refractivity (Wildman–Crippen MR) is 115 cm³/mol. The van der Waals surface area contributed by atoms with Crippen LogP contribution in [0.3, 0.4) is 0 Å². The minimum atomic E-state index is -0.733. The molecule has 1 saturated heterocycles. The molecule has 11 heteroatoms. The number of nitrogens with one attached hydrogen (secondary N) is 4. The number of aromatic nitrogens is 1. The number of carbonyl (C=O) groups excluding carboxylic acids is 4. The second-order valence-electron chi connectivity index (χ2n) is 7.72. The van der Waals surface area contributed by atoms with Crippen LogP contribution in [0.1, 0.15) is 38.5 Å². The summed E-state index contributed by atoms with van der Waals surface area (Å²) < 4.78 is 1.02. The highest BCUT2D eigenvalue weighted by atomic mass is 32.1. The van der Waals surface area contributed by atoms with Crippen molar-refractivity contribution in [3.05, 3.63) is 24.3 Å². The summed E-state index contributed by atoms with van der Waals surface area (Å²) in [6.07, 6.45) is 3.60. The fraction of sp³-hybridized carbons (Fsp3) is 0.450.